The van der Waals surface area contributed by atoms with Gasteiger partial charge in [0.05, 0.1) is 4.90 Å². The molecular formula is C14H22N2O3S. The lowest BCUT2D eigenvalue weighted by molar-refractivity contribution is 0.0537. The first-order chi connectivity index (χ1) is 9.23. The molecule has 0 aliphatic carbocycles. The van der Waals surface area contributed by atoms with E-state index in [1.807, 2.05) is 13.8 Å². The summed E-state index contributed by atoms with van der Waals surface area (Å²) in [7, 11) is -3.58. The fourth-order valence-corrected chi connectivity index (χ4v) is 4.25. The fraction of sp³-hybridized carbons (Fsp3) is 0.571. The van der Waals surface area contributed by atoms with Crippen molar-refractivity contribution < 1.29 is 13.2 Å². The van der Waals surface area contributed by atoms with Gasteiger partial charge in [-0.2, -0.15) is 0 Å². The molecule has 0 saturated carbocycles. The van der Waals surface area contributed by atoms with Crippen LogP contribution in [-0.2, 0) is 14.8 Å². The maximum absolute atomic E-state index is 12.6. The fourth-order valence-electron chi connectivity index (χ4n) is 2.44. The number of benzene rings is 1. The molecule has 112 valence electrons. The monoisotopic (exact) mass is 298 g/mol. The first kappa shape index (κ1) is 15.3. The van der Waals surface area contributed by atoms with E-state index in [4.69, 9.17) is 10.5 Å². The molecule has 1 aromatic rings. The van der Waals surface area contributed by atoms with Crippen molar-refractivity contribution in [1.29, 1.82) is 0 Å². The van der Waals surface area contributed by atoms with E-state index in [9.17, 15) is 8.42 Å². The van der Waals surface area contributed by atoms with Gasteiger partial charge >= 0.3 is 0 Å². The topological polar surface area (TPSA) is 81.4 Å². The predicted molar refractivity (Wildman–Crippen MR) is 79.1 cm³/mol. The van der Waals surface area contributed by atoms with Gasteiger partial charge in [-0.1, -0.05) is 0 Å². The van der Waals surface area contributed by atoms with Crippen molar-refractivity contribution in [3.05, 3.63) is 23.3 Å². The van der Waals surface area contributed by atoms with Crippen LogP contribution in [0.3, 0.4) is 0 Å². The van der Waals surface area contributed by atoms with E-state index < -0.39 is 15.6 Å². The van der Waals surface area contributed by atoms with Gasteiger partial charge in [-0.05, 0) is 56.9 Å². The summed E-state index contributed by atoms with van der Waals surface area (Å²) < 4.78 is 33.4. The molecule has 6 heteroatoms. The standard InChI is InChI=1S/C14H22N2O3S/c1-10-8-12(15)9-13(11(10)2)20(17,18)16-14(3)4-6-19-7-5-14/h8-9,16H,4-7,15H2,1-3H3. The Morgan fingerprint density at radius 2 is 1.85 bits per heavy atom. The van der Waals surface area contributed by atoms with E-state index in [-0.39, 0.29) is 4.90 Å². The normalized spacial score (nSPS) is 18.9. The summed E-state index contributed by atoms with van der Waals surface area (Å²) in [5.74, 6) is 0. The molecule has 1 aliphatic rings. The molecule has 0 atom stereocenters. The zero-order chi connectivity index (χ0) is 15.0. The third kappa shape index (κ3) is 3.13. The van der Waals surface area contributed by atoms with Crippen LogP contribution in [0.5, 0.6) is 0 Å². The Hall–Kier alpha value is -1.11. The van der Waals surface area contributed by atoms with Gasteiger partial charge in [0.15, 0.2) is 0 Å². The van der Waals surface area contributed by atoms with Crippen LogP contribution in [-0.4, -0.2) is 27.2 Å². The third-order valence-corrected chi connectivity index (χ3v) is 5.67. The van der Waals surface area contributed by atoms with Crippen molar-refractivity contribution in [1.82, 2.24) is 4.72 Å². The second kappa shape index (κ2) is 5.35. The number of anilines is 1. The highest BCUT2D eigenvalue weighted by molar-refractivity contribution is 7.89. The van der Waals surface area contributed by atoms with Crippen LogP contribution in [0, 0.1) is 13.8 Å². The lowest BCUT2D eigenvalue weighted by atomic mass is 9.94. The van der Waals surface area contributed by atoms with E-state index >= 15 is 0 Å². The maximum atomic E-state index is 12.6. The number of hydrogen-bond acceptors (Lipinski definition) is 4. The lowest BCUT2D eigenvalue weighted by Crippen LogP contribution is -2.49. The second-order valence-corrected chi connectivity index (χ2v) is 7.39. The van der Waals surface area contributed by atoms with E-state index in [0.29, 0.717) is 31.7 Å². The Labute approximate surface area is 120 Å². The molecular weight excluding hydrogens is 276 g/mol. The van der Waals surface area contributed by atoms with E-state index in [1.54, 1.807) is 13.0 Å². The summed E-state index contributed by atoms with van der Waals surface area (Å²) in [6.45, 7) is 6.74. The Kier molecular flexibility index (Phi) is 4.09. The first-order valence-corrected chi connectivity index (χ1v) is 8.20. The van der Waals surface area contributed by atoms with Gasteiger partial charge in [0.1, 0.15) is 0 Å². The molecule has 1 fully saturated rings. The van der Waals surface area contributed by atoms with E-state index in [0.717, 1.165) is 11.1 Å². The van der Waals surface area contributed by atoms with Gasteiger partial charge in [0, 0.05) is 24.4 Å². The molecule has 0 aromatic heterocycles. The summed E-state index contributed by atoms with van der Waals surface area (Å²) >= 11 is 0. The number of nitrogens with one attached hydrogen (secondary N) is 1. The molecule has 0 radical (unpaired) electrons. The van der Waals surface area contributed by atoms with Crippen LogP contribution in [0.25, 0.3) is 0 Å². The smallest absolute Gasteiger partial charge is 0.241 e. The van der Waals surface area contributed by atoms with Gasteiger partial charge in [-0.25, -0.2) is 13.1 Å². The molecule has 1 heterocycles. The third-order valence-electron chi connectivity index (χ3n) is 3.91. The van der Waals surface area contributed by atoms with Crippen LogP contribution >= 0.6 is 0 Å². The Balaban J connectivity index is 2.36. The second-order valence-electron chi connectivity index (χ2n) is 5.74. The highest BCUT2D eigenvalue weighted by atomic mass is 32.2. The number of sulfonamides is 1. The molecule has 0 bridgehead atoms. The van der Waals surface area contributed by atoms with Crippen molar-refractivity contribution in [2.24, 2.45) is 0 Å². The van der Waals surface area contributed by atoms with Crippen LogP contribution in [0.1, 0.15) is 30.9 Å². The van der Waals surface area contributed by atoms with Gasteiger partial charge in [-0.15, -0.1) is 0 Å². The van der Waals surface area contributed by atoms with Crippen LogP contribution < -0.4 is 10.5 Å². The Morgan fingerprint density at radius 3 is 2.45 bits per heavy atom. The number of ether oxygens (including phenoxy) is 1. The van der Waals surface area contributed by atoms with Crippen molar-refractivity contribution in [3.8, 4) is 0 Å². The zero-order valence-electron chi connectivity index (χ0n) is 12.2. The summed E-state index contributed by atoms with van der Waals surface area (Å²) in [5, 5.41) is 0. The Morgan fingerprint density at radius 1 is 1.25 bits per heavy atom. The molecule has 0 spiro atoms. The first-order valence-electron chi connectivity index (χ1n) is 6.72. The zero-order valence-corrected chi connectivity index (χ0v) is 13.0. The maximum Gasteiger partial charge on any atom is 0.241 e. The largest absolute Gasteiger partial charge is 0.399 e. The molecule has 3 N–H and O–H groups in total. The minimum absolute atomic E-state index is 0.266. The molecule has 1 saturated heterocycles. The van der Waals surface area contributed by atoms with Crippen molar-refractivity contribution >= 4 is 15.7 Å². The summed E-state index contributed by atoms with van der Waals surface area (Å²) in [6, 6.07) is 3.30. The average molecular weight is 298 g/mol. The number of nitrogen functional groups attached to an aromatic ring is 1. The lowest BCUT2D eigenvalue weighted by Gasteiger charge is -2.34. The summed E-state index contributed by atoms with van der Waals surface area (Å²) in [5.41, 5.74) is 7.40. The van der Waals surface area contributed by atoms with Crippen LogP contribution in [0.4, 0.5) is 5.69 Å². The molecule has 0 unspecified atom stereocenters. The molecule has 1 aliphatic heterocycles. The minimum atomic E-state index is -3.58. The van der Waals surface area contributed by atoms with Crippen molar-refractivity contribution in [2.45, 2.75) is 44.0 Å². The summed E-state index contributed by atoms with van der Waals surface area (Å²) in [4.78, 5) is 0.266. The molecule has 0 amide bonds. The quantitative estimate of drug-likeness (QED) is 0.833. The number of rotatable bonds is 3. The van der Waals surface area contributed by atoms with Gasteiger partial charge in [-0.3, -0.25) is 0 Å². The number of nitrogens with two attached hydrogens (primary N) is 1. The van der Waals surface area contributed by atoms with Crippen molar-refractivity contribution in [3.63, 3.8) is 0 Å². The SMILES string of the molecule is Cc1cc(N)cc(S(=O)(=O)NC2(C)CCOCC2)c1C. The molecule has 2 rings (SSSR count). The van der Waals surface area contributed by atoms with E-state index in [2.05, 4.69) is 4.72 Å². The number of hydrogen-bond donors (Lipinski definition) is 2. The summed E-state index contributed by atoms with van der Waals surface area (Å²) in [6.07, 6.45) is 1.35. The van der Waals surface area contributed by atoms with Crippen molar-refractivity contribution in [2.75, 3.05) is 18.9 Å². The van der Waals surface area contributed by atoms with Crippen LogP contribution in [0.2, 0.25) is 0 Å². The molecule has 1 aromatic carbocycles. The van der Waals surface area contributed by atoms with Gasteiger partial charge in [0.25, 0.3) is 0 Å². The molecule has 20 heavy (non-hydrogen) atoms. The van der Waals surface area contributed by atoms with Gasteiger partial charge in [0.2, 0.25) is 10.0 Å². The highest BCUT2D eigenvalue weighted by Crippen LogP contribution is 2.26. The average Bonchev–Trinajstić information content (AvgIpc) is 2.33. The van der Waals surface area contributed by atoms with Crippen LogP contribution in [0.15, 0.2) is 17.0 Å². The predicted octanol–water partition coefficient (Wildman–Crippen LogP) is 1.73. The number of aryl methyl sites for hydroxylation is 1. The van der Waals surface area contributed by atoms with Gasteiger partial charge < -0.3 is 10.5 Å². The highest BCUT2D eigenvalue weighted by Gasteiger charge is 2.33. The van der Waals surface area contributed by atoms with E-state index in [1.165, 1.54) is 6.07 Å². The Bertz CT molecular complexity index is 605. The minimum Gasteiger partial charge on any atom is -0.399 e. The molecule has 5 nitrogen and oxygen atoms in total.